The molecular weight excluding hydrogens is 332 g/mol. The van der Waals surface area contributed by atoms with E-state index in [4.69, 9.17) is 9.47 Å². The molecule has 1 saturated carbocycles. The zero-order valence-corrected chi connectivity index (χ0v) is 15.3. The quantitative estimate of drug-likeness (QED) is 0.412. The molecule has 0 amide bonds. The van der Waals surface area contributed by atoms with Gasteiger partial charge in [-0.05, 0) is 38.0 Å². The summed E-state index contributed by atoms with van der Waals surface area (Å²) in [5.41, 5.74) is -1.29. The molecule has 0 N–H and O–H groups in total. The Balaban J connectivity index is 2.90. The van der Waals surface area contributed by atoms with Gasteiger partial charge in [0.1, 0.15) is 0 Å². The maximum atomic E-state index is 12.0. The van der Waals surface area contributed by atoms with Crippen LogP contribution in [-0.2, 0) is 19.1 Å². The zero-order valence-electron chi connectivity index (χ0n) is 15.3. The fraction of sp³-hybridized carbons (Fsp3) is 0.600. The Morgan fingerprint density at radius 1 is 1.23 bits per heavy atom. The lowest BCUT2D eigenvalue weighted by atomic mass is 9.61. The van der Waals surface area contributed by atoms with Crippen molar-refractivity contribution in [2.24, 2.45) is 23.2 Å². The molecule has 3 atom stereocenters. The van der Waals surface area contributed by atoms with Gasteiger partial charge in [-0.15, -0.1) is 6.58 Å². The number of allylic oxidation sites excluding steroid dienone is 1. The number of carbonyl (C=O) groups is 2. The molecular formula is C20H24N2O4. The van der Waals surface area contributed by atoms with Crippen molar-refractivity contribution in [2.45, 2.75) is 39.5 Å². The Morgan fingerprint density at radius 3 is 2.46 bits per heavy atom. The van der Waals surface area contributed by atoms with Gasteiger partial charge in [-0.1, -0.05) is 17.9 Å². The first-order chi connectivity index (χ1) is 12.4. The molecule has 6 heteroatoms. The van der Waals surface area contributed by atoms with Crippen molar-refractivity contribution in [1.82, 2.24) is 0 Å². The number of nitrogens with zero attached hydrogens (tertiary/aromatic N) is 2. The van der Waals surface area contributed by atoms with E-state index in [1.807, 2.05) is 0 Å². The summed E-state index contributed by atoms with van der Waals surface area (Å²) in [6.45, 7) is 7.13. The van der Waals surface area contributed by atoms with Gasteiger partial charge in [-0.3, -0.25) is 9.59 Å². The molecule has 6 nitrogen and oxygen atoms in total. The van der Waals surface area contributed by atoms with Crippen LogP contribution in [0.1, 0.15) is 39.5 Å². The summed E-state index contributed by atoms with van der Waals surface area (Å²) in [7, 11) is 0. The standard InChI is InChI=1S/C20H24N2O4/c1-4-16-12-17(19(24)25-5-2)8-9-18(16)20(13-21,14-22)10-6-7-11-26-15(3)23/h4,16-18H,1,5,8-12H2,2-3H3/t16-,17+,18+/m1/s1. The summed E-state index contributed by atoms with van der Waals surface area (Å²) in [6, 6.07) is 4.27. The summed E-state index contributed by atoms with van der Waals surface area (Å²) in [4.78, 5) is 22.7. The van der Waals surface area contributed by atoms with E-state index in [-0.39, 0.29) is 36.8 Å². The van der Waals surface area contributed by atoms with Crippen LogP contribution < -0.4 is 0 Å². The third-order valence-corrected chi connectivity index (χ3v) is 4.69. The second-order valence-corrected chi connectivity index (χ2v) is 6.27. The van der Waals surface area contributed by atoms with Crippen LogP contribution in [0.25, 0.3) is 0 Å². The number of rotatable bonds is 6. The van der Waals surface area contributed by atoms with Gasteiger partial charge in [-0.2, -0.15) is 10.5 Å². The molecule has 0 aromatic carbocycles. The SMILES string of the molecule is C=C[C@@H]1C[C@@H](C(=O)OCC)CC[C@@H]1C(C#N)(C#N)CC#CCOC(C)=O. The number of carbonyl (C=O) groups excluding carboxylic acids is 2. The van der Waals surface area contributed by atoms with Gasteiger partial charge < -0.3 is 9.47 Å². The third kappa shape index (κ3) is 5.36. The summed E-state index contributed by atoms with van der Waals surface area (Å²) in [5.74, 6) is 4.13. The van der Waals surface area contributed by atoms with Crippen molar-refractivity contribution in [3.05, 3.63) is 12.7 Å². The Morgan fingerprint density at radius 2 is 1.92 bits per heavy atom. The van der Waals surface area contributed by atoms with E-state index in [1.54, 1.807) is 13.0 Å². The fourth-order valence-electron chi connectivity index (χ4n) is 3.34. The van der Waals surface area contributed by atoms with Crippen LogP contribution in [-0.4, -0.2) is 25.2 Å². The Bertz CT molecular complexity index is 661. The van der Waals surface area contributed by atoms with E-state index in [2.05, 4.69) is 30.6 Å². The first-order valence-corrected chi connectivity index (χ1v) is 8.64. The minimum atomic E-state index is -1.29. The smallest absolute Gasteiger partial charge is 0.308 e. The summed E-state index contributed by atoms with van der Waals surface area (Å²) < 4.78 is 9.82. The predicted molar refractivity (Wildman–Crippen MR) is 93.8 cm³/mol. The molecule has 0 radical (unpaired) electrons. The van der Waals surface area contributed by atoms with Crippen molar-refractivity contribution in [2.75, 3.05) is 13.2 Å². The van der Waals surface area contributed by atoms with E-state index in [0.29, 0.717) is 25.9 Å². The summed E-state index contributed by atoms with van der Waals surface area (Å²) in [6.07, 6.45) is 3.40. The monoisotopic (exact) mass is 356 g/mol. The highest BCUT2D eigenvalue weighted by Crippen LogP contribution is 2.46. The molecule has 1 fully saturated rings. The van der Waals surface area contributed by atoms with Crippen LogP contribution in [0.3, 0.4) is 0 Å². The number of hydrogen-bond acceptors (Lipinski definition) is 6. The van der Waals surface area contributed by atoms with Crippen LogP contribution in [0.15, 0.2) is 12.7 Å². The third-order valence-electron chi connectivity index (χ3n) is 4.69. The largest absolute Gasteiger partial charge is 0.466 e. The van der Waals surface area contributed by atoms with Crippen molar-refractivity contribution >= 4 is 11.9 Å². The Kier molecular flexibility index (Phi) is 8.40. The lowest BCUT2D eigenvalue weighted by molar-refractivity contribution is -0.150. The van der Waals surface area contributed by atoms with E-state index in [0.717, 1.165) is 0 Å². The summed E-state index contributed by atoms with van der Waals surface area (Å²) in [5, 5.41) is 19.4. The van der Waals surface area contributed by atoms with Crippen molar-refractivity contribution in [3.8, 4) is 24.0 Å². The normalized spacial score (nSPS) is 21.9. The topological polar surface area (TPSA) is 100 Å². The van der Waals surface area contributed by atoms with Crippen molar-refractivity contribution in [1.29, 1.82) is 10.5 Å². The highest BCUT2D eigenvalue weighted by atomic mass is 16.5. The fourth-order valence-corrected chi connectivity index (χ4v) is 3.34. The maximum absolute atomic E-state index is 12.0. The molecule has 26 heavy (non-hydrogen) atoms. The van der Waals surface area contributed by atoms with Gasteiger partial charge in [0.25, 0.3) is 0 Å². The van der Waals surface area contributed by atoms with Gasteiger partial charge in [-0.25, -0.2) is 0 Å². The molecule has 0 aliphatic heterocycles. The first kappa shape index (κ1) is 21.3. The van der Waals surface area contributed by atoms with Crippen LogP contribution in [0.2, 0.25) is 0 Å². The van der Waals surface area contributed by atoms with Crippen LogP contribution >= 0.6 is 0 Å². The summed E-state index contributed by atoms with van der Waals surface area (Å²) >= 11 is 0. The number of ether oxygens (including phenoxy) is 2. The highest BCUT2D eigenvalue weighted by molar-refractivity contribution is 5.72. The van der Waals surface area contributed by atoms with Gasteiger partial charge >= 0.3 is 11.9 Å². The molecule has 0 saturated heterocycles. The first-order valence-electron chi connectivity index (χ1n) is 8.64. The van der Waals surface area contributed by atoms with E-state index >= 15 is 0 Å². The maximum Gasteiger partial charge on any atom is 0.308 e. The average molecular weight is 356 g/mol. The van der Waals surface area contributed by atoms with E-state index in [1.165, 1.54) is 6.92 Å². The van der Waals surface area contributed by atoms with Gasteiger partial charge in [0.05, 0.1) is 24.7 Å². The van der Waals surface area contributed by atoms with E-state index in [9.17, 15) is 20.1 Å². The molecule has 0 unspecified atom stereocenters. The van der Waals surface area contributed by atoms with E-state index < -0.39 is 11.4 Å². The van der Waals surface area contributed by atoms with Crippen LogP contribution in [0.5, 0.6) is 0 Å². The number of nitriles is 2. The molecule has 0 spiro atoms. The molecule has 0 bridgehead atoms. The molecule has 1 aliphatic carbocycles. The lowest BCUT2D eigenvalue weighted by Gasteiger charge is -2.39. The number of esters is 2. The number of hydrogen-bond donors (Lipinski definition) is 0. The van der Waals surface area contributed by atoms with Crippen LogP contribution in [0.4, 0.5) is 0 Å². The van der Waals surface area contributed by atoms with Crippen molar-refractivity contribution < 1.29 is 19.1 Å². The molecule has 1 aliphatic rings. The van der Waals surface area contributed by atoms with Gasteiger partial charge in [0.15, 0.2) is 12.0 Å². The molecule has 138 valence electrons. The molecule has 1 rings (SSSR count). The second-order valence-electron chi connectivity index (χ2n) is 6.27. The molecule has 0 aromatic rings. The Labute approximate surface area is 154 Å². The minimum absolute atomic E-state index is 0.0559. The zero-order chi connectivity index (χ0) is 19.6. The lowest BCUT2D eigenvalue weighted by Crippen LogP contribution is -2.38. The Hall–Kier alpha value is -2.78. The predicted octanol–water partition coefficient (Wildman–Crippen LogP) is 2.76. The van der Waals surface area contributed by atoms with Gasteiger partial charge in [0, 0.05) is 13.3 Å². The molecule has 0 heterocycles. The minimum Gasteiger partial charge on any atom is -0.466 e. The molecule has 0 aromatic heterocycles. The van der Waals surface area contributed by atoms with Crippen LogP contribution in [0, 0.1) is 57.7 Å². The second kappa shape index (κ2) is 10.3. The van der Waals surface area contributed by atoms with Crippen molar-refractivity contribution in [3.63, 3.8) is 0 Å². The van der Waals surface area contributed by atoms with Gasteiger partial charge in [0.2, 0.25) is 0 Å². The average Bonchev–Trinajstić information content (AvgIpc) is 2.64. The highest BCUT2D eigenvalue weighted by Gasteiger charge is 2.46.